The standard InChI is InChI=1S/C30H36ClF9N2O13S/c1-42(56(48,49)30(39,40)28(34,35)27(32,33)29(36,37)38)26(47)20-2-4-21(5-3-20)41-23(44)7-9-25(46)55-19-17-53-15-13-51-11-10-50-12-14-52-16-18-54-24(45)8-6-22(31)43/h2-5H,6-19H2,1H3,(H,41,44). The van der Waals surface area contributed by atoms with E-state index in [-0.39, 0.29) is 91.6 Å². The van der Waals surface area contributed by atoms with Crippen LogP contribution < -0.4 is 5.32 Å². The van der Waals surface area contributed by atoms with Crippen LogP contribution in [0.3, 0.4) is 0 Å². The van der Waals surface area contributed by atoms with Gasteiger partial charge in [-0.3, -0.25) is 24.0 Å². The fourth-order valence-corrected chi connectivity index (χ4v) is 4.87. The summed E-state index contributed by atoms with van der Waals surface area (Å²) in [5.41, 5.74) is -0.965. The fraction of sp³-hybridized carbons (Fsp3) is 0.633. The predicted molar refractivity (Wildman–Crippen MR) is 172 cm³/mol. The van der Waals surface area contributed by atoms with Crippen LogP contribution in [-0.4, -0.2) is 138 Å². The quantitative estimate of drug-likeness (QED) is 0.0580. The van der Waals surface area contributed by atoms with E-state index in [1.807, 2.05) is 0 Å². The first-order valence-corrected chi connectivity index (χ1v) is 17.6. The minimum atomic E-state index is -7.53. The van der Waals surface area contributed by atoms with E-state index in [9.17, 15) is 71.9 Å². The number of hydrogen-bond donors (Lipinski definition) is 1. The zero-order valence-corrected chi connectivity index (χ0v) is 30.7. The second kappa shape index (κ2) is 22.8. The number of amides is 2. The van der Waals surface area contributed by atoms with Gasteiger partial charge in [0.15, 0.2) is 0 Å². The molecule has 0 heterocycles. The summed E-state index contributed by atoms with van der Waals surface area (Å²) in [4.78, 5) is 58.3. The van der Waals surface area contributed by atoms with Crippen molar-refractivity contribution in [2.24, 2.45) is 0 Å². The van der Waals surface area contributed by atoms with Crippen molar-refractivity contribution in [3.63, 3.8) is 0 Å². The second-order valence-corrected chi connectivity index (χ2v) is 13.2. The van der Waals surface area contributed by atoms with E-state index in [1.54, 1.807) is 0 Å². The Balaban J connectivity index is 2.29. The molecule has 0 bridgehead atoms. The lowest BCUT2D eigenvalue weighted by molar-refractivity contribution is -0.382. The van der Waals surface area contributed by atoms with Crippen molar-refractivity contribution in [3.05, 3.63) is 29.8 Å². The maximum absolute atomic E-state index is 14.1. The van der Waals surface area contributed by atoms with Crippen LogP contribution in [0, 0.1) is 0 Å². The van der Waals surface area contributed by atoms with Crippen LogP contribution in [0.4, 0.5) is 45.2 Å². The number of carbonyl (C=O) groups is 5. The van der Waals surface area contributed by atoms with Crippen LogP contribution in [-0.2, 0) is 57.6 Å². The van der Waals surface area contributed by atoms with E-state index < -0.39 is 85.0 Å². The summed E-state index contributed by atoms with van der Waals surface area (Å²) in [5.74, 6) is -19.2. The lowest BCUT2D eigenvalue weighted by Gasteiger charge is -2.34. The summed E-state index contributed by atoms with van der Waals surface area (Å²) in [6, 6.07) is 3.15. The third kappa shape index (κ3) is 15.3. The SMILES string of the molecule is CN(C(=O)c1ccc(NC(=O)CCC(=O)OCCOCCOCCOCCOCCOC(=O)CCC(=O)Cl)cc1)S(=O)(=O)C(F)(F)C(F)(F)C(F)(F)C(F)(F)F. The van der Waals surface area contributed by atoms with E-state index in [0.717, 1.165) is 12.1 Å². The smallest absolute Gasteiger partial charge is 0.460 e. The van der Waals surface area contributed by atoms with E-state index in [4.69, 9.17) is 40.0 Å². The van der Waals surface area contributed by atoms with Gasteiger partial charge in [-0.05, 0) is 35.9 Å². The number of nitrogens with one attached hydrogen (secondary N) is 1. The van der Waals surface area contributed by atoms with Gasteiger partial charge < -0.3 is 33.7 Å². The van der Waals surface area contributed by atoms with Crippen LogP contribution in [0.5, 0.6) is 0 Å². The van der Waals surface area contributed by atoms with Crippen LogP contribution >= 0.6 is 11.6 Å². The molecule has 56 heavy (non-hydrogen) atoms. The number of halogens is 10. The van der Waals surface area contributed by atoms with Gasteiger partial charge >= 0.3 is 45.2 Å². The monoisotopic (exact) mass is 870 g/mol. The highest BCUT2D eigenvalue weighted by atomic mass is 35.5. The Kier molecular flexibility index (Phi) is 20.5. The number of rotatable bonds is 27. The Morgan fingerprint density at radius 2 is 1.02 bits per heavy atom. The van der Waals surface area contributed by atoms with Crippen molar-refractivity contribution in [1.82, 2.24) is 4.31 Å². The van der Waals surface area contributed by atoms with Crippen molar-refractivity contribution < 1.29 is 100 Å². The molecule has 26 heteroatoms. The maximum Gasteiger partial charge on any atom is 0.460 e. The molecule has 0 spiro atoms. The molecule has 0 aliphatic rings. The average molecular weight is 871 g/mol. The molecule has 2 amide bonds. The number of sulfonamides is 1. The molecule has 0 aliphatic carbocycles. The van der Waals surface area contributed by atoms with E-state index >= 15 is 0 Å². The van der Waals surface area contributed by atoms with E-state index in [1.165, 1.54) is 0 Å². The van der Waals surface area contributed by atoms with Gasteiger partial charge in [-0.2, -0.15) is 47.9 Å². The van der Waals surface area contributed by atoms with Crippen molar-refractivity contribution in [2.45, 2.75) is 49.0 Å². The molecule has 15 nitrogen and oxygen atoms in total. The van der Waals surface area contributed by atoms with Gasteiger partial charge in [-0.25, -0.2) is 4.31 Å². The molecule has 1 N–H and O–H groups in total. The Hall–Kier alpha value is -3.78. The number of benzene rings is 1. The Bertz CT molecular complexity index is 1570. The maximum atomic E-state index is 14.1. The number of hydrogen-bond acceptors (Lipinski definition) is 13. The summed E-state index contributed by atoms with van der Waals surface area (Å²) < 4.78 is 173. The molecular formula is C30H36ClF9N2O13S. The normalized spacial score (nSPS) is 12.6. The Labute approximate surface area is 318 Å². The summed E-state index contributed by atoms with van der Waals surface area (Å²) >= 11 is 5.12. The molecule has 0 atom stereocenters. The first kappa shape index (κ1) is 50.2. The van der Waals surface area contributed by atoms with Gasteiger partial charge in [0.1, 0.15) is 13.2 Å². The molecular weight excluding hydrogens is 835 g/mol. The van der Waals surface area contributed by atoms with Crippen LogP contribution in [0.25, 0.3) is 0 Å². The molecule has 0 unspecified atom stereocenters. The fourth-order valence-electron chi connectivity index (χ4n) is 3.66. The highest BCUT2D eigenvalue weighted by Crippen LogP contribution is 2.55. The Morgan fingerprint density at radius 1 is 0.625 bits per heavy atom. The largest absolute Gasteiger partial charge is 0.463 e. The highest BCUT2D eigenvalue weighted by Gasteiger charge is 2.86. The zero-order valence-electron chi connectivity index (χ0n) is 29.2. The summed E-state index contributed by atoms with van der Waals surface area (Å²) in [7, 11) is -7.26. The summed E-state index contributed by atoms with van der Waals surface area (Å²) in [6.45, 7) is 1.34. The van der Waals surface area contributed by atoms with Gasteiger partial charge in [-0.15, -0.1) is 0 Å². The molecule has 1 aromatic carbocycles. The van der Waals surface area contributed by atoms with Crippen molar-refractivity contribution in [1.29, 1.82) is 0 Å². The third-order valence-corrected chi connectivity index (χ3v) is 8.66. The minimum absolute atomic E-state index is 0.00303. The molecule has 320 valence electrons. The van der Waals surface area contributed by atoms with Gasteiger partial charge in [0.2, 0.25) is 11.1 Å². The number of ether oxygens (including phenoxy) is 6. The first-order valence-electron chi connectivity index (χ1n) is 15.8. The Morgan fingerprint density at radius 3 is 1.41 bits per heavy atom. The molecule has 0 fully saturated rings. The molecule has 1 aromatic rings. The number of nitrogens with zero attached hydrogens (tertiary/aromatic N) is 1. The van der Waals surface area contributed by atoms with Gasteiger partial charge in [0, 0.05) is 31.1 Å². The number of carbonyl (C=O) groups excluding carboxylic acids is 5. The minimum Gasteiger partial charge on any atom is -0.463 e. The van der Waals surface area contributed by atoms with Gasteiger partial charge in [-0.1, -0.05) is 0 Å². The van der Waals surface area contributed by atoms with Crippen LogP contribution in [0.1, 0.15) is 36.0 Å². The number of esters is 2. The number of alkyl halides is 9. The molecule has 0 aromatic heterocycles. The zero-order chi connectivity index (χ0) is 42.8. The molecule has 0 saturated carbocycles. The average Bonchev–Trinajstić information content (AvgIpc) is 3.11. The summed E-state index contributed by atoms with van der Waals surface area (Å²) in [6.07, 6.45) is -8.34. The predicted octanol–water partition coefficient (Wildman–Crippen LogP) is 3.93. The lowest BCUT2D eigenvalue weighted by atomic mass is 10.1. The molecule has 0 radical (unpaired) electrons. The van der Waals surface area contributed by atoms with E-state index in [2.05, 4.69) is 5.32 Å². The highest BCUT2D eigenvalue weighted by molar-refractivity contribution is 7.90. The molecule has 1 rings (SSSR count). The topological polar surface area (TPSA) is 190 Å². The molecule has 0 saturated heterocycles. The summed E-state index contributed by atoms with van der Waals surface area (Å²) in [5, 5.41) is -5.50. The first-order chi connectivity index (χ1) is 25.9. The van der Waals surface area contributed by atoms with Gasteiger partial charge in [0.05, 0.1) is 65.7 Å². The molecule has 0 aliphatic heterocycles. The number of anilines is 1. The van der Waals surface area contributed by atoms with E-state index in [0.29, 0.717) is 12.1 Å². The van der Waals surface area contributed by atoms with Gasteiger partial charge in [0.25, 0.3) is 5.91 Å². The lowest BCUT2D eigenvalue weighted by Crippen LogP contribution is -2.65. The van der Waals surface area contributed by atoms with Crippen LogP contribution in [0.15, 0.2) is 24.3 Å². The van der Waals surface area contributed by atoms with Crippen molar-refractivity contribution in [2.75, 3.05) is 78.4 Å². The third-order valence-electron chi connectivity index (χ3n) is 6.68. The van der Waals surface area contributed by atoms with Crippen LogP contribution in [0.2, 0.25) is 0 Å². The second-order valence-electron chi connectivity index (χ2n) is 10.8. The van der Waals surface area contributed by atoms with Crippen molar-refractivity contribution >= 4 is 56.3 Å². The van der Waals surface area contributed by atoms with Crippen molar-refractivity contribution in [3.8, 4) is 0 Å².